The monoisotopic (exact) mass is 224 g/mol. The topological polar surface area (TPSA) is 72.2 Å². The number of nitrogens with zero attached hydrogens (tertiary/aromatic N) is 1. The van der Waals surface area contributed by atoms with E-state index in [1.54, 1.807) is 12.3 Å². The Labute approximate surface area is 90.0 Å². The third-order valence-corrected chi connectivity index (χ3v) is 3.20. The SMILES string of the molecule is CS[C@@H]1C(=O)Nc2ccc([N+](=O)[O-])cc21. The van der Waals surface area contributed by atoms with E-state index in [2.05, 4.69) is 5.32 Å². The van der Waals surface area contributed by atoms with Crippen molar-refractivity contribution >= 4 is 29.0 Å². The third kappa shape index (κ3) is 1.56. The van der Waals surface area contributed by atoms with Crippen LogP contribution < -0.4 is 5.32 Å². The normalized spacial score (nSPS) is 18.5. The third-order valence-electron chi connectivity index (χ3n) is 2.26. The van der Waals surface area contributed by atoms with E-state index in [9.17, 15) is 14.9 Å². The largest absolute Gasteiger partial charge is 0.325 e. The van der Waals surface area contributed by atoms with Gasteiger partial charge in [0.25, 0.3) is 5.69 Å². The van der Waals surface area contributed by atoms with Gasteiger partial charge >= 0.3 is 0 Å². The van der Waals surface area contributed by atoms with E-state index in [0.29, 0.717) is 11.3 Å². The summed E-state index contributed by atoms with van der Waals surface area (Å²) in [7, 11) is 0. The highest BCUT2D eigenvalue weighted by Crippen LogP contribution is 2.40. The first kappa shape index (κ1) is 9.97. The van der Waals surface area contributed by atoms with Crippen LogP contribution in [0.4, 0.5) is 11.4 Å². The first-order valence-corrected chi connectivity index (χ1v) is 5.54. The Bertz CT molecular complexity index is 447. The quantitative estimate of drug-likeness (QED) is 0.615. The van der Waals surface area contributed by atoms with Gasteiger partial charge in [0.1, 0.15) is 5.25 Å². The number of benzene rings is 1. The molecule has 15 heavy (non-hydrogen) atoms. The van der Waals surface area contributed by atoms with Crippen LogP contribution in [-0.2, 0) is 4.79 Å². The summed E-state index contributed by atoms with van der Waals surface area (Å²) in [6.07, 6.45) is 1.80. The molecule has 1 aromatic rings. The number of fused-ring (bicyclic) bond motifs is 1. The molecule has 2 rings (SSSR count). The zero-order valence-corrected chi connectivity index (χ0v) is 8.71. The standard InChI is InChI=1S/C9H8N2O3S/c1-15-8-6-4-5(11(13)14)2-3-7(6)10-9(8)12/h2-4,8H,1H3,(H,10,12)/t8-/m0/s1. The molecule has 1 aromatic carbocycles. The number of nitro benzene ring substituents is 1. The molecule has 0 aliphatic carbocycles. The Morgan fingerprint density at radius 3 is 2.87 bits per heavy atom. The predicted octanol–water partition coefficient (Wildman–Crippen LogP) is 1.95. The van der Waals surface area contributed by atoms with Gasteiger partial charge < -0.3 is 5.32 Å². The predicted molar refractivity (Wildman–Crippen MR) is 58.0 cm³/mol. The lowest BCUT2D eigenvalue weighted by Gasteiger charge is -2.03. The van der Waals surface area contributed by atoms with Crippen LogP contribution in [0.2, 0.25) is 0 Å². The number of hydrogen-bond acceptors (Lipinski definition) is 4. The van der Waals surface area contributed by atoms with Crippen molar-refractivity contribution in [3.63, 3.8) is 0 Å². The van der Waals surface area contributed by atoms with Crippen LogP contribution in [0.3, 0.4) is 0 Å². The minimum absolute atomic E-state index is 0.0179. The Morgan fingerprint density at radius 2 is 2.27 bits per heavy atom. The molecule has 0 aromatic heterocycles. The second-order valence-electron chi connectivity index (χ2n) is 3.13. The molecule has 5 nitrogen and oxygen atoms in total. The van der Waals surface area contributed by atoms with Gasteiger partial charge in [-0.1, -0.05) is 0 Å². The van der Waals surface area contributed by atoms with Crippen molar-refractivity contribution < 1.29 is 9.72 Å². The highest BCUT2D eigenvalue weighted by Gasteiger charge is 2.31. The number of amides is 1. The van der Waals surface area contributed by atoms with Gasteiger partial charge in [-0.05, 0) is 12.3 Å². The molecule has 1 aliphatic rings. The lowest BCUT2D eigenvalue weighted by molar-refractivity contribution is -0.384. The number of anilines is 1. The molecular weight excluding hydrogens is 216 g/mol. The summed E-state index contributed by atoms with van der Waals surface area (Å²) in [6.45, 7) is 0. The summed E-state index contributed by atoms with van der Waals surface area (Å²) < 4.78 is 0. The molecule has 0 unspecified atom stereocenters. The maximum atomic E-state index is 11.4. The van der Waals surface area contributed by atoms with Crippen LogP contribution in [0, 0.1) is 10.1 Å². The summed E-state index contributed by atoms with van der Waals surface area (Å²) in [6, 6.07) is 4.41. The molecule has 0 saturated heterocycles. The maximum Gasteiger partial charge on any atom is 0.269 e. The molecule has 1 aliphatic heterocycles. The van der Waals surface area contributed by atoms with Gasteiger partial charge in [0.05, 0.1) is 4.92 Å². The van der Waals surface area contributed by atoms with E-state index in [1.165, 1.54) is 23.9 Å². The zero-order chi connectivity index (χ0) is 11.0. The lowest BCUT2D eigenvalue weighted by Crippen LogP contribution is -2.08. The highest BCUT2D eigenvalue weighted by molar-refractivity contribution is 7.99. The van der Waals surface area contributed by atoms with Crippen molar-refractivity contribution in [2.24, 2.45) is 0 Å². The van der Waals surface area contributed by atoms with Crippen molar-refractivity contribution in [1.29, 1.82) is 0 Å². The maximum absolute atomic E-state index is 11.4. The number of carbonyl (C=O) groups excluding carboxylic acids is 1. The number of hydrogen-bond donors (Lipinski definition) is 1. The van der Waals surface area contributed by atoms with Crippen LogP contribution in [0.15, 0.2) is 18.2 Å². The summed E-state index contributed by atoms with van der Waals surface area (Å²) in [4.78, 5) is 21.6. The number of carbonyl (C=O) groups is 1. The summed E-state index contributed by atoms with van der Waals surface area (Å²) in [5.74, 6) is -0.113. The smallest absolute Gasteiger partial charge is 0.269 e. The average molecular weight is 224 g/mol. The summed E-state index contributed by atoms with van der Waals surface area (Å²) >= 11 is 1.37. The first-order valence-electron chi connectivity index (χ1n) is 4.25. The number of non-ortho nitro benzene ring substituents is 1. The average Bonchev–Trinajstić information content (AvgIpc) is 2.51. The number of nitrogens with one attached hydrogen (secondary N) is 1. The van der Waals surface area contributed by atoms with E-state index in [4.69, 9.17) is 0 Å². The van der Waals surface area contributed by atoms with Gasteiger partial charge in [-0.25, -0.2) is 0 Å². The molecule has 1 N–H and O–H groups in total. The molecule has 78 valence electrons. The van der Waals surface area contributed by atoms with Crippen molar-refractivity contribution in [2.45, 2.75) is 5.25 Å². The van der Waals surface area contributed by atoms with Crippen LogP contribution in [0.5, 0.6) is 0 Å². The van der Waals surface area contributed by atoms with E-state index in [1.807, 2.05) is 0 Å². The van der Waals surface area contributed by atoms with Crippen LogP contribution in [0.1, 0.15) is 10.8 Å². The summed E-state index contributed by atoms with van der Waals surface area (Å²) in [5.41, 5.74) is 1.39. The van der Waals surface area contributed by atoms with Crippen molar-refractivity contribution in [3.05, 3.63) is 33.9 Å². The van der Waals surface area contributed by atoms with Crippen LogP contribution >= 0.6 is 11.8 Å². The van der Waals surface area contributed by atoms with E-state index in [-0.39, 0.29) is 16.8 Å². The molecule has 0 radical (unpaired) electrons. The Balaban J connectivity index is 2.49. The molecule has 0 spiro atoms. The minimum Gasteiger partial charge on any atom is -0.325 e. The van der Waals surface area contributed by atoms with Gasteiger partial charge in [0.2, 0.25) is 5.91 Å². The van der Waals surface area contributed by atoms with Gasteiger partial charge in [0, 0.05) is 23.4 Å². The van der Waals surface area contributed by atoms with E-state index >= 15 is 0 Å². The molecule has 1 atom stereocenters. The number of nitro groups is 1. The number of thioether (sulfide) groups is 1. The van der Waals surface area contributed by atoms with Gasteiger partial charge in [-0.15, -0.1) is 11.8 Å². The summed E-state index contributed by atoms with van der Waals surface area (Å²) in [5, 5.41) is 12.9. The van der Waals surface area contributed by atoms with Gasteiger partial charge in [-0.3, -0.25) is 14.9 Å². The number of rotatable bonds is 2. The molecule has 0 bridgehead atoms. The fourth-order valence-corrected chi connectivity index (χ4v) is 2.29. The molecule has 1 amide bonds. The Hall–Kier alpha value is -1.56. The second kappa shape index (κ2) is 3.54. The first-order chi connectivity index (χ1) is 7.13. The fourth-order valence-electron chi connectivity index (χ4n) is 1.57. The van der Waals surface area contributed by atoms with Gasteiger partial charge in [0.15, 0.2) is 0 Å². The molecular formula is C9H8N2O3S. The Kier molecular flexibility index (Phi) is 2.36. The molecule has 0 fully saturated rings. The zero-order valence-electron chi connectivity index (χ0n) is 7.89. The van der Waals surface area contributed by atoms with Crippen LogP contribution in [-0.4, -0.2) is 17.1 Å². The minimum atomic E-state index is -0.458. The fraction of sp³-hybridized carbons (Fsp3) is 0.222. The second-order valence-corrected chi connectivity index (χ2v) is 4.08. The molecule has 1 heterocycles. The van der Waals surface area contributed by atoms with E-state index < -0.39 is 4.92 Å². The highest BCUT2D eigenvalue weighted by atomic mass is 32.2. The Morgan fingerprint density at radius 1 is 1.53 bits per heavy atom. The van der Waals surface area contributed by atoms with Crippen LogP contribution in [0.25, 0.3) is 0 Å². The molecule has 0 saturated carbocycles. The van der Waals surface area contributed by atoms with Crippen molar-refractivity contribution in [2.75, 3.05) is 11.6 Å². The lowest BCUT2D eigenvalue weighted by atomic mass is 10.1. The van der Waals surface area contributed by atoms with Crippen molar-refractivity contribution in [3.8, 4) is 0 Å². The molecule has 6 heteroatoms. The van der Waals surface area contributed by atoms with Gasteiger partial charge in [-0.2, -0.15) is 0 Å². The van der Waals surface area contributed by atoms with Crippen molar-refractivity contribution in [1.82, 2.24) is 0 Å². The van der Waals surface area contributed by atoms with E-state index in [0.717, 1.165) is 0 Å².